The normalized spacial score (nSPS) is 16.1. The van der Waals surface area contributed by atoms with E-state index in [0.29, 0.717) is 21.3 Å². The molecule has 0 saturated carbocycles. The van der Waals surface area contributed by atoms with E-state index in [2.05, 4.69) is 21.2 Å². The van der Waals surface area contributed by atoms with Crippen LogP contribution in [-0.2, 0) is 4.79 Å². The molecular formula is C21H22Cl2N4O. The second-order valence-corrected chi connectivity index (χ2v) is 7.56. The highest BCUT2D eigenvalue weighted by Crippen LogP contribution is 2.30. The van der Waals surface area contributed by atoms with Gasteiger partial charge in [0.25, 0.3) is 0 Å². The van der Waals surface area contributed by atoms with Crippen molar-refractivity contribution in [3.8, 4) is 6.07 Å². The van der Waals surface area contributed by atoms with Gasteiger partial charge in [0.05, 0.1) is 33.0 Å². The van der Waals surface area contributed by atoms with Crippen molar-refractivity contribution >= 4 is 40.5 Å². The topological polar surface area (TPSA) is 59.4 Å². The van der Waals surface area contributed by atoms with E-state index in [1.165, 1.54) is 0 Å². The van der Waals surface area contributed by atoms with E-state index in [9.17, 15) is 10.1 Å². The zero-order chi connectivity index (χ0) is 20.1. The van der Waals surface area contributed by atoms with Crippen molar-refractivity contribution in [1.29, 1.82) is 5.26 Å². The fourth-order valence-electron chi connectivity index (χ4n) is 3.41. The zero-order valence-electron chi connectivity index (χ0n) is 15.7. The minimum atomic E-state index is -0.304. The molecule has 0 bridgehead atoms. The van der Waals surface area contributed by atoms with E-state index in [4.69, 9.17) is 23.2 Å². The average molecular weight is 417 g/mol. The first kappa shape index (κ1) is 20.5. The first-order chi connectivity index (χ1) is 13.5. The first-order valence-corrected chi connectivity index (χ1v) is 10.00. The van der Waals surface area contributed by atoms with Gasteiger partial charge in [0, 0.05) is 26.2 Å². The van der Waals surface area contributed by atoms with Gasteiger partial charge < -0.3 is 10.2 Å². The number of nitrogens with zero attached hydrogens (tertiary/aromatic N) is 3. The van der Waals surface area contributed by atoms with Gasteiger partial charge in [-0.15, -0.1) is 0 Å². The van der Waals surface area contributed by atoms with Crippen LogP contribution in [0, 0.1) is 11.3 Å². The summed E-state index contributed by atoms with van der Waals surface area (Å²) in [5.41, 5.74) is 2.15. The monoisotopic (exact) mass is 416 g/mol. The number of benzene rings is 2. The maximum absolute atomic E-state index is 12.7. The van der Waals surface area contributed by atoms with E-state index < -0.39 is 0 Å². The highest BCUT2D eigenvalue weighted by atomic mass is 35.5. The summed E-state index contributed by atoms with van der Waals surface area (Å²) >= 11 is 12.2. The Bertz CT molecular complexity index is 896. The number of hydrogen-bond donors (Lipinski definition) is 1. The third-order valence-corrected chi connectivity index (χ3v) is 5.85. The molecule has 1 aliphatic heterocycles. The molecule has 3 rings (SSSR count). The van der Waals surface area contributed by atoms with Gasteiger partial charge in [-0.05, 0) is 37.6 Å². The largest absolute Gasteiger partial charge is 0.369 e. The Labute approximate surface area is 175 Å². The summed E-state index contributed by atoms with van der Waals surface area (Å²) in [4.78, 5) is 17.1. The SMILES string of the molecule is CC(C(=O)Nc1cccc(Cl)c1Cl)N1CCCN(c2ccccc2C#N)CC1. The fraction of sp³-hybridized carbons (Fsp3) is 0.333. The lowest BCUT2D eigenvalue weighted by Crippen LogP contribution is -2.44. The predicted octanol–water partition coefficient (Wildman–Crippen LogP) is 4.40. The van der Waals surface area contributed by atoms with Crippen LogP contribution in [-0.4, -0.2) is 43.0 Å². The van der Waals surface area contributed by atoms with Gasteiger partial charge in [-0.1, -0.05) is 41.4 Å². The standard InChI is InChI=1S/C21H22Cl2N4O/c1-15(21(28)25-18-8-4-7-17(22)20(18)23)26-10-5-11-27(13-12-26)19-9-3-2-6-16(19)14-24/h2-4,6-9,15H,5,10-13H2,1H3,(H,25,28). The van der Waals surface area contributed by atoms with Gasteiger partial charge in [0.15, 0.2) is 0 Å². The van der Waals surface area contributed by atoms with Crippen molar-refractivity contribution in [2.45, 2.75) is 19.4 Å². The highest BCUT2D eigenvalue weighted by molar-refractivity contribution is 6.44. The van der Waals surface area contributed by atoms with Gasteiger partial charge >= 0.3 is 0 Å². The number of para-hydroxylation sites is 1. The van der Waals surface area contributed by atoms with E-state index in [1.54, 1.807) is 18.2 Å². The number of halogens is 2. The summed E-state index contributed by atoms with van der Waals surface area (Å²) in [6.07, 6.45) is 0.912. The molecule has 0 aliphatic carbocycles. The van der Waals surface area contributed by atoms with Crippen LogP contribution in [0.3, 0.4) is 0 Å². The average Bonchev–Trinajstić information content (AvgIpc) is 2.97. The second kappa shape index (κ2) is 9.29. The number of nitrogens with one attached hydrogen (secondary N) is 1. The molecule has 2 aromatic carbocycles. The molecular weight excluding hydrogens is 395 g/mol. The molecule has 146 valence electrons. The Morgan fingerprint density at radius 2 is 1.89 bits per heavy atom. The Balaban J connectivity index is 1.65. The molecule has 1 N–H and O–H groups in total. The Hall–Kier alpha value is -2.26. The Kier molecular flexibility index (Phi) is 6.79. The maximum atomic E-state index is 12.7. The third kappa shape index (κ3) is 4.59. The number of carbonyl (C=O) groups is 1. The quantitative estimate of drug-likeness (QED) is 0.801. The molecule has 1 aliphatic rings. The number of rotatable bonds is 4. The summed E-state index contributed by atoms with van der Waals surface area (Å²) in [5, 5.41) is 13.0. The summed E-state index contributed by atoms with van der Waals surface area (Å²) in [6, 6.07) is 14.8. The van der Waals surface area contributed by atoms with E-state index in [1.807, 2.05) is 31.2 Å². The lowest BCUT2D eigenvalue weighted by molar-refractivity contribution is -0.120. The molecule has 2 aromatic rings. The van der Waals surface area contributed by atoms with Gasteiger partial charge in [-0.3, -0.25) is 9.69 Å². The van der Waals surface area contributed by atoms with Gasteiger partial charge in [-0.2, -0.15) is 5.26 Å². The van der Waals surface area contributed by atoms with Crippen molar-refractivity contribution in [1.82, 2.24) is 4.90 Å². The maximum Gasteiger partial charge on any atom is 0.241 e. The van der Waals surface area contributed by atoms with Gasteiger partial charge in [0.1, 0.15) is 6.07 Å². The van der Waals surface area contributed by atoms with Crippen LogP contribution in [0.25, 0.3) is 0 Å². The molecule has 1 heterocycles. The number of hydrogen-bond acceptors (Lipinski definition) is 4. The summed E-state index contributed by atoms with van der Waals surface area (Å²) < 4.78 is 0. The number of nitriles is 1. The molecule has 0 spiro atoms. The summed E-state index contributed by atoms with van der Waals surface area (Å²) in [6.45, 7) is 5.05. The predicted molar refractivity (Wildman–Crippen MR) is 114 cm³/mol. The lowest BCUT2D eigenvalue weighted by Gasteiger charge is -2.27. The molecule has 0 aromatic heterocycles. The lowest BCUT2D eigenvalue weighted by atomic mass is 10.1. The van der Waals surface area contributed by atoms with Crippen molar-refractivity contribution in [3.05, 3.63) is 58.1 Å². The van der Waals surface area contributed by atoms with Crippen LogP contribution in [0.15, 0.2) is 42.5 Å². The minimum Gasteiger partial charge on any atom is -0.369 e. The van der Waals surface area contributed by atoms with Crippen LogP contribution in [0.4, 0.5) is 11.4 Å². The highest BCUT2D eigenvalue weighted by Gasteiger charge is 2.25. The molecule has 28 heavy (non-hydrogen) atoms. The first-order valence-electron chi connectivity index (χ1n) is 9.24. The third-order valence-electron chi connectivity index (χ3n) is 5.03. The number of amides is 1. The fourth-order valence-corrected chi connectivity index (χ4v) is 3.76. The molecule has 0 radical (unpaired) electrons. The van der Waals surface area contributed by atoms with Crippen LogP contribution < -0.4 is 10.2 Å². The van der Waals surface area contributed by atoms with E-state index in [-0.39, 0.29) is 11.9 Å². The van der Waals surface area contributed by atoms with Crippen molar-refractivity contribution in [3.63, 3.8) is 0 Å². The van der Waals surface area contributed by atoms with Gasteiger partial charge in [0.2, 0.25) is 5.91 Å². The molecule has 1 fully saturated rings. The van der Waals surface area contributed by atoms with Crippen LogP contribution in [0.5, 0.6) is 0 Å². The van der Waals surface area contributed by atoms with Crippen LogP contribution in [0.1, 0.15) is 18.9 Å². The molecule has 5 nitrogen and oxygen atoms in total. The minimum absolute atomic E-state index is 0.116. The smallest absolute Gasteiger partial charge is 0.241 e. The number of anilines is 2. The second-order valence-electron chi connectivity index (χ2n) is 6.77. The summed E-state index contributed by atoms with van der Waals surface area (Å²) in [7, 11) is 0. The van der Waals surface area contributed by atoms with Crippen molar-refractivity contribution < 1.29 is 4.79 Å². The van der Waals surface area contributed by atoms with E-state index in [0.717, 1.165) is 38.3 Å². The summed E-state index contributed by atoms with van der Waals surface area (Å²) in [5.74, 6) is -0.116. The molecule has 7 heteroatoms. The van der Waals surface area contributed by atoms with E-state index >= 15 is 0 Å². The van der Waals surface area contributed by atoms with Crippen LogP contribution >= 0.6 is 23.2 Å². The Morgan fingerprint density at radius 3 is 2.68 bits per heavy atom. The van der Waals surface area contributed by atoms with Crippen molar-refractivity contribution in [2.75, 3.05) is 36.4 Å². The van der Waals surface area contributed by atoms with Crippen LogP contribution in [0.2, 0.25) is 10.0 Å². The van der Waals surface area contributed by atoms with Gasteiger partial charge in [-0.25, -0.2) is 0 Å². The zero-order valence-corrected chi connectivity index (χ0v) is 17.2. The molecule has 1 atom stereocenters. The molecule has 1 unspecified atom stereocenters. The Morgan fingerprint density at radius 1 is 1.11 bits per heavy atom. The number of carbonyl (C=O) groups excluding carboxylic acids is 1. The van der Waals surface area contributed by atoms with Crippen molar-refractivity contribution in [2.24, 2.45) is 0 Å². The molecule has 1 saturated heterocycles. The molecule has 1 amide bonds.